The van der Waals surface area contributed by atoms with Gasteiger partial charge >= 0.3 is 6.09 Å². The van der Waals surface area contributed by atoms with E-state index < -0.39 is 11.3 Å². The minimum Gasteiger partial charge on any atom is -0.507 e. The molecule has 2 fully saturated rings. The molecule has 1 aromatic rings. The SMILES string of the molecule is CC(/C=C(\N)NC1CCCN(CC2CN(C(=O)OC(C)(C)C)C2)C1)=C(/N)c1ccc(C(F)(F)P)cc1O. The number of carbonyl (C=O) groups is 1. The molecule has 2 atom stereocenters. The molecule has 37 heavy (non-hydrogen) atoms. The van der Waals surface area contributed by atoms with Crippen LogP contribution in [0.3, 0.4) is 0 Å². The van der Waals surface area contributed by atoms with Gasteiger partial charge in [0.2, 0.25) is 0 Å². The average molecular weight is 540 g/mol. The Bertz CT molecular complexity index is 1050. The van der Waals surface area contributed by atoms with Gasteiger partial charge in [-0.2, -0.15) is 8.78 Å². The van der Waals surface area contributed by atoms with E-state index in [1.165, 1.54) is 21.4 Å². The number of carbonyl (C=O) groups excluding carboxylic acids is 1. The highest BCUT2D eigenvalue weighted by atomic mass is 31.0. The molecule has 6 N–H and O–H groups in total. The summed E-state index contributed by atoms with van der Waals surface area (Å²) in [6.07, 6.45) is 3.44. The van der Waals surface area contributed by atoms with Crippen molar-refractivity contribution >= 4 is 21.0 Å². The number of nitrogens with zero attached hydrogens (tertiary/aromatic N) is 2. The van der Waals surface area contributed by atoms with Gasteiger partial charge in [-0.1, -0.05) is 15.3 Å². The molecule has 1 amide bonds. The molecule has 2 heterocycles. The summed E-state index contributed by atoms with van der Waals surface area (Å²) in [4.78, 5) is 16.3. The second kappa shape index (κ2) is 11.4. The van der Waals surface area contributed by atoms with E-state index in [0.29, 0.717) is 30.4 Å². The van der Waals surface area contributed by atoms with Crippen molar-refractivity contribution < 1.29 is 23.4 Å². The van der Waals surface area contributed by atoms with Crippen molar-refractivity contribution in [2.45, 2.75) is 57.8 Å². The Morgan fingerprint density at radius 1 is 1.27 bits per heavy atom. The fourth-order valence-corrected chi connectivity index (χ4v) is 4.81. The Balaban J connectivity index is 1.53. The third kappa shape index (κ3) is 8.20. The Hall–Kier alpha value is -2.58. The smallest absolute Gasteiger partial charge is 0.410 e. The van der Waals surface area contributed by atoms with Gasteiger partial charge in [0.25, 0.3) is 5.66 Å². The van der Waals surface area contributed by atoms with Crippen LogP contribution in [-0.4, -0.2) is 65.4 Å². The number of likely N-dealkylation sites (tertiary alicyclic amines) is 2. The van der Waals surface area contributed by atoms with Crippen molar-refractivity contribution in [2.75, 3.05) is 32.7 Å². The summed E-state index contributed by atoms with van der Waals surface area (Å²) in [5, 5.41) is 13.6. The fourth-order valence-electron chi connectivity index (χ4n) is 4.63. The predicted molar refractivity (Wildman–Crippen MR) is 145 cm³/mol. The van der Waals surface area contributed by atoms with Crippen molar-refractivity contribution in [3.8, 4) is 5.75 Å². The molecule has 0 radical (unpaired) electrons. The number of ether oxygens (including phenoxy) is 1. The molecule has 2 aliphatic heterocycles. The number of amides is 1. The van der Waals surface area contributed by atoms with E-state index in [1.54, 1.807) is 17.9 Å². The van der Waals surface area contributed by atoms with E-state index in [1.807, 2.05) is 20.8 Å². The summed E-state index contributed by atoms with van der Waals surface area (Å²) in [5.41, 5.74) is 9.63. The third-order valence-electron chi connectivity index (χ3n) is 6.47. The lowest BCUT2D eigenvalue weighted by Gasteiger charge is -2.43. The molecular weight excluding hydrogens is 499 g/mol. The van der Waals surface area contributed by atoms with Gasteiger partial charge in [0.1, 0.15) is 11.4 Å². The van der Waals surface area contributed by atoms with E-state index in [-0.39, 0.29) is 34.7 Å². The number of alkyl halides is 2. The summed E-state index contributed by atoms with van der Waals surface area (Å²) in [6.45, 7) is 11.5. The fraction of sp³-hybridized carbons (Fsp3) is 0.577. The van der Waals surface area contributed by atoms with E-state index in [9.17, 15) is 18.7 Å². The van der Waals surface area contributed by atoms with Crippen LogP contribution in [0.1, 0.15) is 51.7 Å². The summed E-state index contributed by atoms with van der Waals surface area (Å²) in [7, 11) is 1.45. The van der Waals surface area contributed by atoms with Crippen LogP contribution in [0.5, 0.6) is 5.75 Å². The number of benzene rings is 1. The van der Waals surface area contributed by atoms with E-state index in [0.717, 1.165) is 38.5 Å². The van der Waals surface area contributed by atoms with Crippen LogP contribution in [0.15, 0.2) is 35.7 Å². The molecule has 0 aromatic heterocycles. The summed E-state index contributed by atoms with van der Waals surface area (Å²) in [6, 6.07) is 3.79. The lowest BCUT2D eigenvalue weighted by atomic mass is 9.97. The first-order chi connectivity index (χ1) is 17.1. The maximum atomic E-state index is 13.5. The molecule has 206 valence electrons. The second-order valence-corrected chi connectivity index (χ2v) is 11.8. The van der Waals surface area contributed by atoms with Crippen LogP contribution in [0.4, 0.5) is 13.6 Å². The third-order valence-corrected chi connectivity index (χ3v) is 6.80. The maximum Gasteiger partial charge on any atom is 0.410 e. The van der Waals surface area contributed by atoms with Gasteiger partial charge in [-0.3, -0.25) is 0 Å². The number of hydrogen-bond acceptors (Lipinski definition) is 7. The number of phenols is 1. The molecule has 2 aliphatic rings. The summed E-state index contributed by atoms with van der Waals surface area (Å²) in [5.74, 6) is 0.551. The minimum atomic E-state index is -3.14. The number of halogens is 2. The Labute approximate surface area is 220 Å². The van der Waals surface area contributed by atoms with Crippen molar-refractivity contribution in [3.63, 3.8) is 0 Å². The van der Waals surface area contributed by atoms with Gasteiger partial charge in [-0.25, -0.2) is 4.79 Å². The zero-order valence-electron chi connectivity index (χ0n) is 22.1. The Morgan fingerprint density at radius 3 is 2.54 bits per heavy atom. The maximum absolute atomic E-state index is 13.5. The summed E-state index contributed by atoms with van der Waals surface area (Å²) < 4.78 is 32.4. The zero-order chi connectivity index (χ0) is 27.5. The monoisotopic (exact) mass is 539 g/mol. The first-order valence-corrected chi connectivity index (χ1v) is 13.1. The van der Waals surface area contributed by atoms with Gasteiger partial charge in [-0.15, -0.1) is 0 Å². The number of allylic oxidation sites excluding steroid dienone is 2. The van der Waals surface area contributed by atoms with E-state index in [2.05, 4.69) is 10.2 Å². The number of piperidine rings is 1. The van der Waals surface area contributed by atoms with Crippen LogP contribution in [0.2, 0.25) is 0 Å². The molecule has 0 aliphatic carbocycles. The summed E-state index contributed by atoms with van der Waals surface area (Å²) >= 11 is 0. The average Bonchev–Trinajstić information content (AvgIpc) is 2.73. The molecular formula is C26H40F2N5O3P. The standard InChI is InChI=1S/C26H40F2N5O3P/c1-16(23(30)20-8-7-18(11-21(20)34)26(27,28)37)10-22(29)31-19-6-5-9-32(15-19)12-17-13-33(14-17)24(35)36-25(2,3)4/h7-8,10-11,17,19,31,34H,5-6,9,12-15,29-30,37H2,1-4H3/b22-10+,23-16-. The number of hydrogen-bond donors (Lipinski definition) is 4. The Kier molecular flexibility index (Phi) is 8.96. The zero-order valence-corrected chi connectivity index (χ0v) is 23.2. The molecule has 0 bridgehead atoms. The first kappa shape index (κ1) is 29.0. The van der Waals surface area contributed by atoms with Crippen LogP contribution in [0, 0.1) is 5.92 Å². The molecule has 0 spiro atoms. The van der Waals surface area contributed by atoms with Crippen LogP contribution < -0.4 is 16.8 Å². The van der Waals surface area contributed by atoms with Gasteiger partial charge in [-0.05, 0) is 70.9 Å². The molecule has 1 aromatic carbocycles. The quantitative estimate of drug-likeness (QED) is 0.308. The molecule has 2 unspecified atom stereocenters. The molecule has 0 saturated carbocycles. The van der Waals surface area contributed by atoms with E-state index in [4.69, 9.17) is 16.2 Å². The van der Waals surface area contributed by atoms with Gasteiger partial charge in [0.15, 0.2) is 0 Å². The van der Waals surface area contributed by atoms with Crippen LogP contribution in [-0.2, 0) is 10.4 Å². The number of aromatic hydroxyl groups is 1. The van der Waals surface area contributed by atoms with Gasteiger partial charge in [0.05, 0.1) is 5.82 Å². The minimum absolute atomic E-state index is 0.165. The topological polar surface area (TPSA) is 117 Å². The molecule has 11 heteroatoms. The van der Waals surface area contributed by atoms with Gasteiger partial charge in [0, 0.05) is 55.0 Å². The second-order valence-electron chi connectivity index (χ2n) is 11.0. The van der Waals surface area contributed by atoms with Crippen molar-refractivity contribution in [1.29, 1.82) is 0 Å². The highest BCUT2D eigenvalue weighted by Gasteiger charge is 2.35. The highest BCUT2D eigenvalue weighted by molar-refractivity contribution is 7.17. The molecule has 2 saturated heterocycles. The number of nitrogens with two attached hydrogens (primary N) is 2. The van der Waals surface area contributed by atoms with Crippen molar-refractivity contribution in [1.82, 2.24) is 15.1 Å². The highest BCUT2D eigenvalue weighted by Crippen LogP contribution is 2.38. The van der Waals surface area contributed by atoms with E-state index >= 15 is 0 Å². The van der Waals surface area contributed by atoms with Crippen molar-refractivity contribution in [2.24, 2.45) is 17.4 Å². The number of rotatable bonds is 7. The van der Waals surface area contributed by atoms with Crippen LogP contribution in [0.25, 0.3) is 5.70 Å². The molecule has 8 nitrogen and oxygen atoms in total. The first-order valence-electron chi connectivity index (χ1n) is 12.5. The van der Waals surface area contributed by atoms with Crippen molar-refractivity contribution in [3.05, 3.63) is 46.8 Å². The number of nitrogens with one attached hydrogen (secondary N) is 1. The van der Waals surface area contributed by atoms with Gasteiger partial charge < -0.3 is 36.4 Å². The van der Waals surface area contributed by atoms with Crippen LogP contribution >= 0.6 is 9.24 Å². The normalized spacial score (nSPS) is 20.8. The lowest BCUT2D eigenvalue weighted by Crippen LogP contribution is -2.56. The largest absolute Gasteiger partial charge is 0.507 e. The lowest BCUT2D eigenvalue weighted by molar-refractivity contribution is -0.00789. The Morgan fingerprint density at radius 2 is 1.95 bits per heavy atom. The predicted octanol–water partition coefficient (Wildman–Crippen LogP) is 3.73. The molecule has 3 rings (SSSR count). The number of phenolic OH excluding ortho intramolecular Hbond substituents is 1.